The molecule has 1 heterocycles. The maximum atomic E-state index is 5.50. The summed E-state index contributed by atoms with van der Waals surface area (Å²) >= 11 is 3.56. The maximum absolute atomic E-state index is 5.50. The van der Waals surface area contributed by atoms with Crippen LogP contribution >= 0.6 is 15.9 Å². The van der Waals surface area contributed by atoms with Crippen molar-refractivity contribution in [3.05, 3.63) is 40.5 Å². The summed E-state index contributed by atoms with van der Waals surface area (Å²) in [5.41, 5.74) is 2.26. The molecule has 4 heteroatoms. The quantitative estimate of drug-likeness (QED) is 0.883. The molecule has 2 aromatic rings. The molecule has 1 aromatic heterocycles. The fraction of sp³-hybridized carbons (Fsp3) is 0.400. The molecule has 0 radical (unpaired) electrons. The number of rotatable bonds is 6. The number of pyridine rings is 1. The molecule has 1 unspecified atom stereocenters. The molecule has 2 rings (SSSR count). The highest BCUT2D eigenvalue weighted by atomic mass is 79.9. The zero-order valence-electron chi connectivity index (χ0n) is 11.3. The van der Waals surface area contributed by atoms with Crippen molar-refractivity contribution >= 4 is 26.8 Å². The molecule has 0 bridgehead atoms. The van der Waals surface area contributed by atoms with E-state index < -0.39 is 0 Å². The van der Waals surface area contributed by atoms with E-state index in [1.807, 2.05) is 19.2 Å². The SMILES string of the molecule is CCOC(C)CNCc1ccc(Br)c2cccnc12. The number of nitrogens with zero attached hydrogens (tertiary/aromatic N) is 1. The van der Waals surface area contributed by atoms with Gasteiger partial charge in [0.2, 0.25) is 0 Å². The predicted octanol–water partition coefficient (Wildman–Crippen LogP) is 3.51. The monoisotopic (exact) mass is 322 g/mol. The molecule has 0 amide bonds. The van der Waals surface area contributed by atoms with Gasteiger partial charge in [0.15, 0.2) is 0 Å². The zero-order valence-corrected chi connectivity index (χ0v) is 12.9. The van der Waals surface area contributed by atoms with Gasteiger partial charge in [0.05, 0.1) is 11.6 Å². The second kappa shape index (κ2) is 6.98. The van der Waals surface area contributed by atoms with Gasteiger partial charge in [-0.1, -0.05) is 28.1 Å². The summed E-state index contributed by atoms with van der Waals surface area (Å²) in [5, 5.41) is 4.57. The van der Waals surface area contributed by atoms with E-state index in [-0.39, 0.29) is 6.10 Å². The lowest BCUT2D eigenvalue weighted by Crippen LogP contribution is -2.26. The van der Waals surface area contributed by atoms with Crippen LogP contribution in [0.5, 0.6) is 0 Å². The third-order valence-electron chi connectivity index (χ3n) is 3.00. The molecule has 0 fully saturated rings. The van der Waals surface area contributed by atoms with Crippen LogP contribution in [0.3, 0.4) is 0 Å². The van der Waals surface area contributed by atoms with Gasteiger partial charge < -0.3 is 10.1 Å². The van der Waals surface area contributed by atoms with E-state index in [1.165, 1.54) is 5.56 Å². The van der Waals surface area contributed by atoms with Gasteiger partial charge in [-0.3, -0.25) is 4.98 Å². The second-order valence-corrected chi connectivity index (χ2v) is 5.36. The number of ether oxygens (including phenoxy) is 1. The third-order valence-corrected chi connectivity index (χ3v) is 3.69. The molecule has 1 atom stereocenters. The van der Waals surface area contributed by atoms with E-state index in [0.717, 1.165) is 35.1 Å². The third kappa shape index (κ3) is 3.75. The number of halogens is 1. The Labute approximate surface area is 122 Å². The number of aromatic nitrogens is 1. The highest BCUT2D eigenvalue weighted by Gasteiger charge is 2.06. The summed E-state index contributed by atoms with van der Waals surface area (Å²) in [6.07, 6.45) is 2.07. The van der Waals surface area contributed by atoms with Crippen molar-refractivity contribution in [1.29, 1.82) is 0 Å². The average molecular weight is 323 g/mol. The van der Waals surface area contributed by atoms with Crippen molar-refractivity contribution in [2.45, 2.75) is 26.5 Å². The van der Waals surface area contributed by atoms with Crippen LogP contribution in [0.1, 0.15) is 19.4 Å². The average Bonchev–Trinajstić information content (AvgIpc) is 2.42. The Hall–Kier alpha value is -0.970. The molecule has 0 aliphatic carbocycles. The Bertz CT molecular complexity index is 545. The van der Waals surface area contributed by atoms with Gasteiger partial charge >= 0.3 is 0 Å². The topological polar surface area (TPSA) is 34.1 Å². The van der Waals surface area contributed by atoms with Crippen molar-refractivity contribution < 1.29 is 4.74 Å². The Kier molecular flexibility index (Phi) is 5.31. The lowest BCUT2D eigenvalue weighted by molar-refractivity contribution is 0.0759. The molecule has 0 saturated carbocycles. The van der Waals surface area contributed by atoms with Gasteiger partial charge in [-0.2, -0.15) is 0 Å². The van der Waals surface area contributed by atoms with E-state index in [0.29, 0.717) is 0 Å². The fourth-order valence-electron chi connectivity index (χ4n) is 2.09. The van der Waals surface area contributed by atoms with Gasteiger partial charge in [-0.25, -0.2) is 0 Å². The van der Waals surface area contributed by atoms with Crippen LogP contribution in [-0.2, 0) is 11.3 Å². The van der Waals surface area contributed by atoms with Crippen molar-refractivity contribution in [2.75, 3.05) is 13.2 Å². The van der Waals surface area contributed by atoms with E-state index in [1.54, 1.807) is 0 Å². The van der Waals surface area contributed by atoms with Crippen LogP contribution in [0, 0.1) is 0 Å². The predicted molar refractivity (Wildman–Crippen MR) is 82.2 cm³/mol. The minimum Gasteiger partial charge on any atom is -0.377 e. The smallest absolute Gasteiger partial charge is 0.0758 e. The molecule has 0 spiro atoms. The summed E-state index contributed by atoms with van der Waals surface area (Å²) in [6.45, 7) is 6.50. The molecule has 102 valence electrons. The standard InChI is InChI=1S/C15H19BrN2O/c1-3-19-11(2)9-17-10-12-6-7-14(16)13-5-4-8-18-15(12)13/h4-8,11,17H,3,9-10H2,1-2H3. The summed E-state index contributed by atoms with van der Waals surface area (Å²) in [5.74, 6) is 0. The van der Waals surface area contributed by atoms with E-state index >= 15 is 0 Å². The van der Waals surface area contributed by atoms with Crippen LogP contribution < -0.4 is 5.32 Å². The maximum Gasteiger partial charge on any atom is 0.0758 e. The Balaban J connectivity index is 2.07. The van der Waals surface area contributed by atoms with Crippen molar-refractivity contribution in [3.8, 4) is 0 Å². The first kappa shape index (κ1) is 14.4. The number of hydrogen-bond donors (Lipinski definition) is 1. The number of hydrogen-bond acceptors (Lipinski definition) is 3. The van der Waals surface area contributed by atoms with Crippen LogP contribution in [-0.4, -0.2) is 24.2 Å². The van der Waals surface area contributed by atoms with Crippen LogP contribution in [0.25, 0.3) is 10.9 Å². The molecule has 1 N–H and O–H groups in total. The lowest BCUT2D eigenvalue weighted by Gasteiger charge is -2.13. The van der Waals surface area contributed by atoms with E-state index in [9.17, 15) is 0 Å². The molecule has 0 saturated heterocycles. The minimum atomic E-state index is 0.236. The lowest BCUT2D eigenvalue weighted by atomic mass is 10.1. The molecule has 19 heavy (non-hydrogen) atoms. The van der Waals surface area contributed by atoms with Gasteiger partial charge in [-0.05, 0) is 31.5 Å². The minimum absolute atomic E-state index is 0.236. The fourth-order valence-corrected chi connectivity index (χ4v) is 2.54. The Morgan fingerprint density at radius 3 is 3.00 bits per heavy atom. The molecule has 0 aliphatic heterocycles. The number of nitrogens with one attached hydrogen (secondary N) is 1. The molecular formula is C15H19BrN2O. The Morgan fingerprint density at radius 1 is 1.37 bits per heavy atom. The molecule has 1 aromatic carbocycles. The first-order valence-corrected chi connectivity index (χ1v) is 7.36. The van der Waals surface area contributed by atoms with Gasteiger partial charge in [0, 0.05) is 35.8 Å². The summed E-state index contributed by atoms with van der Waals surface area (Å²) in [7, 11) is 0. The second-order valence-electron chi connectivity index (χ2n) is 4.50. The highest BCUT2D eigenvalue weighted by molar-refractivity contribution is 9.10. The largest absolute Gasteiger partial charge is 0.377 e. The first-order chi connectivity index (χ1) is 9.22. The van der Waals surface area contributed by atoms with Crippen LogP contribution in [0.4, 0.5) is 0 Å². The van der Waals surface area contributed by atoms with Gasteiger partial charge in [0.25, 0.3) is 0 Å². The van der Waals surface area contributed by atoms with Crippen LogP contribution in [0.15, 0.2) is 34.9 Å². The highest BCUT2D eigenvalue weighted by Crippen LogP contribution is 2.25. The van der Waals surface area contributed by atoms with Crippen molar-refractivity contribution in [1.82, 2.24) is 10.3 Å². The summed E-state index contributed by atoms with van der Waals surface area (Å²) < 4.78 is 6.59. The van der Waals surface area contributed by atoms with Crippen molar-refractivity contribution in [2.24, 2.45) is 0 Å². The van der Waals surface area contributed by atoms with Crippen LogP contribution in [0.2, 0.25) is 0 Å². The van der Waals surface area contributed by atoms with E-state index in [2.05, 4.69) is 51.4 Å². The Morgan fingerprint density at radius 2 is 2.21 bits per heavy atom. The summed E-state index contributed by atoms with van der Waals surface area (Å²) in [4.78, 5) is 4.47. The molecule has 3 nitrogen and oxygen atoms in total. The summed E-state index contributed by atoms with van der Waals surface area (Å²) in [6, 6.07) is 8.23. The molecular weight excluding hydrogens is 304 g/mol. The molecule has 0 aliphatic rings. The normalized spacial score (nSPS) is 12.8. The number of benzene rings is 1. The van der Waals surface area contributed by atoms with Gasteiger partial charge in [-0.15, -0.1) is 0 Å². The first-order valence-electron chi connectivity index (χ1n) is 6.56. The van der Waals surface area contributed by atoms with Crippen molar-refractivity contribution in [3.63, 3.8) is 0 Å². The van der Waals surface area contributed by atoms with Gasteiger partial charge in [0.1, 0.15) is 0 Å². The van der Waals surface area contributed by atoms with E-state index in [4.69, 9.17) is 4.74 Å². The zero-order chi connectivity index (χ0) is 13.7. The number of fused-ring (bicyclic) bond motifs is 1.